The molecule has 6 nitrogen and oxygen atoms in total. The summed E-state index contributed by atoms with van der Waals surface area (Å²) < 4.78 is 27.0. The number of benzene rings is 2. The zero-order valence-electron chi connectivity index (χ0n) is 15.1. The molecule has 1 fully saturated rings. The van der Waals surface area contributed by atoms with Gasteiger partial charge in [0.2, 0.25) is 15.9 Å². The van der Waals surface area contributed by atoms with Gasteiger partial charge in [-0.2, -0.15) is 9.57 Å². The maximum Gasteiger partial charge on any atom is 0.244 e. The highest BCUT2D eigenvalue weighted by Crippen LogP contribution is 2.25. The van der Waals surface area contributed by atoms with Crippen LogP contribution in [0.5, 0.6) is 0 Å². The standard InChI is InChI=1S/C20H20ClN3O3S/c21-18-6-3-4-15(12-18)14-23-20(25)16-8-10-24(11-9-16)28(26,27)19-7-2-1-5-17(19)13-22/h1-7,12,16H,8-11,14H2,(H,23,25). The lowest BCUT2D eigenvalue weighted by molar-refractivity contribution is -0.126. The van der Waals surface area contributed by atoms with Gasteiger partial charge >= 0.3 is 0 Å². The molecule has 0 aliphatic carbocycles. The first kappa shape index (κ1) is 20.3. The molecule has 1 saturated heterocycles. The number of nitrogens with zero attached hydrogens (tertiary/aromatic N) is 2. The smallest absolute Gasteiger partial charge is 0.244 e. The third-order valence-corrected chi connectivity index (χ3v) is 7.00. The Bertz CT molecular complexity index is 1010. The predicted molar refractivity (Wildman–Crippen MR) is 106 cm³/mol. The molecule has 2 aromatic rings. The Labute approximate surface area is 169 Å². The number of carbonyl (C=O) groups is 1. The molecule has 1 amide bonds. The van der Waals surface area contributed by atoms with Crippen LogP contribution in [0.25, 0.3) is 0 Å². The number of halogens is 1. The van der Waals surface area contributed by atoms with Crippen LogP contribution in [-0.4, -0.2) is 31.7 Å². The number of nitriles is 1. The Kier molecular flexibility index (Phi) is 6.35. The number of sulfonamides is 1. The van der Waals surface area contributed by atoms with Crippen molar-refractivity contribution in [1.82, 2.24) is 9.62 Å². The first-order chi connectivity index (χ1) is 13.4. The van der Waals surface area contributed by atoms with Gasteiger partial charge in [0.05, 0.1) is 10.5 Å². The van der Waals surface area contributed by atoms with E-state index in [1.807, 2.05) is 18.2 Å². The fraction of sp³-hybridized carbons (Fsp3) is 0.300. The molecule has 1 heterocycles. The van der Waals surface area contributed by atoms with Crippen LogP contribution in [0.4, 0.5) is 0 Å². The molecule has 28 heavy (non-hydrogen) atoms. The van der Waals surface area contributed by atoms with Crippen LogP contribution in [0.3, 0.4) is 0 Å². The van der Waals surface area contributed by atoms with Crippen LogP contribution in [0.15, 0.2) is 53.4 Å². The molecule has 8 heteroatoms. The highest BCUT2D eigenvalue weighted by Gasteiger charge is 2.33. The number of nitrogens with one attached hydrogen (secondary N) is 1. The molecule has 0 spiro atoms. The summed E-state index contributed by atoms with van der Waals surface area (Å²) in [6.45, 7) is 0.877. The Morgan fingerprint density at radius 2 is 1.89 bits per heavy atom. The highest BCUT2D eigenvalue weighted by molar-refractivity contribution is 7.89. The van der Waals surface area contributed by atoms with Crippen molar-refractivity contribution in [2.75, 3.05) is 13.1 Å². The van der Waals surface area contributed by atoms with E-state index in [0.29, 0.717) is 24.4 Å². The van der Waals surface area contributed by atoms with Crippen LogP contribution in [0, 0.1) is 17.2 Å². The highest BCUT2D eigenvalue weighted by atomic mass is 35.5. The fourth-order valence-electron chi connectivity index (χ4n) is 3.26. The van der Waals surface area contributed by atoms with Crippen molar-refractivity contribution in [3.8, 4) is 6.07 Å². The average molecular weight is 418 g/mol. The first-order valence-corrected chi connectivity index (χ1v) is 10.7. The number of hydrogen-bond donors (Lipinski definition) is 1. The van der Waals surface area contributed by atoms with Crippen LogP contribution in [-0.2, 0) is 21.4 Å². The third-order valence-electron chi connectivity index (χ3n) is 4.81. The number of amides is 1. The number of hydrogen-bond acceptors (Lipinski definition) is 4. The number of rotatable bonds is 5. The third kappa shape index (κ3) is 4.53. The summed E-state index contributed by atoms with van der Waals surface area (Å²) in [6, 6.07) is 15.4. The summed E-state index contributed by atoms with van der Waals surface area (Å²) in [5.74, 6) is -0.328. The molecule has 1 aliphatic rings. The van der Waals surface area contributed by atoms with Gasteiger partial charge in [0.1, 0.15) is 6.07 Å². The topological polar surface area (TPSA) is 90.3 Å². The van der Waals surface area contributed by atoms with Crippen LogP contribution >= 0.6 is 11.6 Å². The molecule has 3 rings (SSSR count). The molecule has 0 atom stereocenters. The van der Waals surface area contributed by atoms with Crippen molar-refractivity contribution in [2.24, 2.45) is 5.92 Å². The van der Waals surface area contributed by atoms with Gasteiger partial charge < -0.3 is 5.32 Å². The first-order valence-electron chi connectivity index (χ1n) is 8.93. The second kappa shape index (κ2) is 8.74. The van der Waals surface area contributed by atoms with E-state index in [0.717, 1.165) is 5.56 Å². The van der Waals surface area contributed by atoms with Crippen LogP contribution in [0.2, 0.25) is 5.02 Å². The number of carbonyl (C=O) groups excluding carboxylic acids is 1. The molecule has 0 saturated carbocycles. The Hall–Kier alpha value is -2.40. The van der Waals surface area contributed by atoms with E-state index in [-0.39, 0.29) is 35.4 Å². The van der Waals surface area contributed by atoms with E-state index in [2.05, 4.69) is 5.32 Å². The van der Waals surface area contributed by atoms with Crippen LogP contribution < -0.4 is 5.32 Å². The van der Waals surface area contributed by atoms with E-state index in [1.165, 1.54) is 16.4 Å². The molecule has 0 bridgehead atoms. The van der Waals surface area contributed by atoms with Gasteiger partial charge in [-0.05, 0) is 42.7 Å². The largest absolute Gasteiger partial charge is 0.352 e. The van der Waals surface area contributed by atoms with E-state index in [9.17, 15) is 18.5 Å². The zero-order valence-corrected chi connectivity index (χ0v) is 16.7. The van der Waals surface area contributed by atoms with Crippen molar-refractivity contribution < 1.29 is 13.2 Å². The summed E-state index contributed by atoms with van der Waals surface area (Å²) >= 11 is 5.94. The predicted octanol–water partition coefficient (Wildman–Crippen LogP) is 2.93. The summed E-state index contributed by atoms with van der Waals surface area (Å²) in [5.41, 5.74) is 1.04. The van der Waals surface area contributed by atoms with Gasteiger partial charge in [-0.25, -0.2) is 8.42 Å². The van der Waals surface area contributed by atoms with Crippen molar-refractivity contribution in [3.05, 3.63) is 64.7 Å². The molecule has 0 aromatic heterocycles. The van der Waals surface area contributed by atoms with Crippen LogP contribution in [0.1, 0.15) is 24.0 Å². The molecule has 1 aliphatic heterocycles. The minimum Gasteiger partial charge on any atom is -0.352 e. The minimum absolute atomic E-state index is 0.0151. The van der Waals surface area contributed by atoms with E-state index < -0.39 is 10.0 Å². The molecule has 146 valence electrons. The lowest BCUT2D eigenvalue weighted by atomic mass is 9.97. The summed E-state index contributed by atoms with van der Waals surface area (Å²) in [5, 5.41) is 12.7. The molecule has 0 radical (unpaired) electrons. The van der Waals surface area contributed by atoms with E-state index in [4.69, 9.17) is 11.6 Å². The summed E-state index contributed by atoms with van der Waals surface area (Å²) in [4.78, 5) is 12.4. The monoisotopic (exact) mass is 417 g/mol. The van der Waals surface area contributed by atoms with E-state index in [1.54, 1.807) is 24.3 Å². The van der Waals surface area contributed by atoms with E-state index >= 15 is 0 Å². The molecule has 1 N–H and O–H groups in total. The van der Waals surface area contributed by atoms with Gasteiger partial charge in [-0.1, -0.05) is 35.9 Å². The number of piperidine rings is 1. The second-order valence-corrected chi connectivity index (χ2v) is 8.98. The van der Waals surface area contributed by atoms with Gasteiger partial charge in [0.15, 0.2) is 0 Å². The van der Waals surface area contributed by atoms with Crippen molar-refractivity contribution in [2.45, 2.75) is 24.3 Å². The minimum atomic E-state index is -3.75. The summed E-state index contributed by atoms with van der Waals surface area (Å²) in [6.07, 6.45) is 0.880. The lowest BCUT2D eigenvalue weighted by Crippen LogP contribution is -2.43. The molecule has 2 aromatic carbocycles. The van der Waals surface area contributed by atoms with Gasteiger partial charge in [0, 0.05) is 30.6 Å². The molecule has 0 unspecified atom stereocenters. The second-order valence-electron chi connectivity index (χ2n) is 6.63. The SMILES string of the molecule is N#Cc1ccccc1S(=O)(=O)N1CCC(C(=O)NCc2cccc(Cl)c2)CC1. The zero-order chi connectivity index (χ0) is 20.1. The quantitative estimate of drug-likeness (QED) is 0.809. The van der Waals surface area contributed by atoms with Crippen molar-refractivity contribution >= 4 is 27.5 Å². The van der Waals surface area contributed by atoms with Crippen molar-refractivity contribution in [1.29, 1.82) is 5.26 Å². The lowest BCUT2D eigenvalue weighted by Gasteiger charge is -2.30. The molecular weight excluding hydrogens is 398 g/mol. The summed E-state index contributed by atoms with van der Waals surface area (Å²) in [7, 11) is -3.75. The van der Waals surface area contributed by atoms with Gasteiger partial charge in [0.25, 0.3) is 0 Å². The van der Waals surface area contributed by atoms with Gasteiger partial charge in [-0.3, -0.25) is 4.79 Å². The van der Waals surface area contributed by atoms with Crippen molar-refractivity contribution in [3.63, 3.8) is 0 Å². The Morgan fingerprint density at radius 3 is 2.57 bits per heavy atom. The maximum absolute atomic E-state index is 12.8. The molecular formula is C20H20ClN3O3S. The average Bonchev–Trinajstić information content (AvgIpc) is 2.72. The normalized spacial score (nSPS) is 15.7. The van der Waals surface area contributed by atoms with Gasteiger partial charge in [-0.15, -0.1) is 0 Å². The Balaban J connectivity index is 1.59. The Morgan fingerprint density at radius 1 is 1.18 bits per heavy atom. The fourth-order valence-corrected chi connectivity index (χ4v) is 5.09. The maximum atomic E-state index is 12.8.